The molecular weight excluding hydrogens is 338 g/mol. The zero-order chi connectivity index (χ0) is 18.8. The molecule has 1 aromatic carbocycles. The molecule has 0 fully saturated rings. The lowest BCUT2D eigenvalue weighted by Gasteiger charge is -2.17. The second kappa shape index (κ2) is 6.92. The van der Waals surface area contributed by atoms with Gasteiger partial charge >= 0.3 is 0 Å². The number of rotatable bonds is 5. The summed E-state index contributed by atoms with van der Waals surface area (Å²) in [5.41, 5.74) is 6.48. The van der Waals surface area contributed by atoms with Crippen LogP contribution in [0.1, 0.15) is 6.42 Å². The second-order valence-corrected chi connectivity index (χ2v) is 6.43. The highest BCUT2D eigenvalue weighted by atomic mass is 15.2. The Labute approximate surface area is 156 Å². The van der Waals surface area contributed by atoms with Gasteiger partial charge in [-0.25, -0.2) is 9.97 Å². The summed E-state index contributed by atoms with van der Waals surface area (Å²) in [7, 11) is 3.87. The average Bonchev–Trinajstić information content (AvgIpc) is 3.32. The predicted octanol–water partition coefficient (Wildman–Crippen LogP) is 3.38. The van der Waals surface area contributed by atoms with Crippen molar-refractivity contribution in [3.8, 4) is 28.5 Å². The number of aryl methyl sites for hydroxylation is 1. The van der Waals surface area contributed by atoms with E-state index in [1.165, 1.54) is 0 Å². The lowest BCUT2D eigenvalue weighted by atomic mass is 10.1. The van der Waals surface area contributed by atoms with Crippen LogP contribution in [-0.2, 0) is 7.05 Å². The van der Waals surface area contributed by atoms with E-state index in [1.807, 2.05) is 26.5 Å². The SMILES string of the molecule is CN(CCC#N)c1ccc(-c2c[nH]c3ncc(-c4cnn(C)c4)nc23)cc1. The van der Waals surface area contributed by atoms with E-state index in [1.54, 1.807) is 17.1 Å². The lowest BCUT2D eigenvalue weighted by Crippen LogP contribution is -2.17. The monoisotopic (exact) mass is 357 g/mol. The number of nitriles is 1. The van der Waals surface area contributed by atoms with E-state index in [2.05, 4.69) is 50.3 Å². The third-order valence-corrected chi connectivity index (χ3v) is 4.56. The van der Waals surface area contributed by atoms with Crippen molar-refractivity contribution in [2.45, 2.75) is 6.42 Å². The Morgan fingerprint density at radius 1 is 1.19 bits per heavy atom. The van der Waals surface area contributed by atoms with Crippen LogP contribution in [0.4, 0.5) is 5.69 Å². The number of nitrogens with zero attached hydrogens (tertiary/aromatic N) is 6. The molecule has 7 heteroatoms. The molecule has 4 rings (SSSR count). The summed E-state index contributed by atoms with van der Waals surface area (Å²) < 4.78 is 1.75. The average molecular weight is 357 g/mol. The minimum Gasteiger partial charge on any atom is -0.374 e. The van der Waals surface area contributed by atoms with Gasteiger partial charge in [0.25, 0.3) is 0 Å². The topological polar surface area (TPSA) is 86.4 Å². The van der Waals surface area contributed by atoms with Crippen LogP contribution in [0.15, 0.2) is 49.1 Å². The second-order valence-electron chi connectivity index (χ2n) is 6.43. The molecule has 0 saturated heterocycles. The first-order valence-corrected chi connectivity index (χ1v) is 8.67. The van der Waals surface area contributed by atoms with Crippen molar-refractivity contribution in [2.24, 2.45) is 7.05 Å². The predicted molar refractivity (Wildman–Crippen MR) is 105 cm³/mol. The van der Waals surface area contributed by atoms with E-state index >= 15 is 0 Å². The van der Waals surface area contributed by atoms with E-state index in [4.69, 9.17) is 10.2 Å². The van der Waals surface area contributed by atoms with Crippen LogP contribution in [0.5, 0.6) is 0 Å². The molecule has 3 aromatic heterocycles. The lowest BCUT2D eigenvalue weighted by molar-refractivity contribution is 0.768. The van der Waals surface area contributed by atoms with Gasteiger partial charge in [-0.2, -0.15) is 10.4 Å². The van der Waals surface area contributed by atoms with Gasteiger partial charge in [-0.3, -0.25) is 4.68 Å². The van der Waals surface area contributed by atoms with Gasteiger partial charge in [0.1, 0.15) is 5.52 Å². The third-order valence-electron chi connectivity index (χ3n) is 4.56. The number of hydrogen-bond acceptors (Lipinski definition) is 5. The normalized spacial score (nSPS) is 10.9. The minimum atomic E-state index is 0.507. The summed E-state index contributed by atoms with van der Waals surface area (Å²) in [6, 6.07) is 10.4. The molecular formula is C20H19N7. The first-order valence-electron chi connectivity index (χ1n) is 8.67. The number of H-pyrrole nitrogens is 1. The minimum absolute atomic E-state index is 0.507. The van der Waals surface area contributed by atoms with Crippen molar-refractivity contribution >= 4 is 16.9 Å². The molecule has 4 aromatic rings. The number of anilines is 1. The molecule has 27 heavy (non-hydrogen) atoms. The van der Waals surface area contributed by atoms with Crippen LogP contribution in [0.3, 0.4) is 0 Å². The Hall–Kier alpha value is -3.66. The smallest absolute Gasteiger partial charge is 0.156 e. The Balaban J connectivity index is 1.68. The quantitative estimate of drug-likeness (QED) is 0.592. The van der Waals surface area contributed by atoms with Gasteiger partial charge in [-0.05, 0) is 17.7 Å². The Bertz CT molecular complexity index is 1120. The number of aromatic nitrogens is 5. The number of hydrogen-bond donors (Lipinski definition) is 1. The summed E-state index contributed by atoms with van der Waals surface area (Å²) in [5.74, 6) is 0. The zero-order valence-electron chi connectivity index (χ0n) is 15.2. The van der Waals surface area contributed by atoms with Crippen molar-refractivity contribution < 1.29 is 0 Å². The van der Waals surface area contributed by atoms with Gasteiger partial charge in [0.05, 0.1) is 30.6 Å². The Morgan fingerprint density at radius 2 is 2.00 bits per heavy atom. The van der Waals surface area contributed by atoms with E-state index in [0.717, 1.165) is 39.2 Å². The molecule has 0 saturated carbocycles. The summed E-state index contributed by atoms with van der Waals surface area (Å²) in [6.45, 7) is 0.711. The highest BCUT2D eigenvalue weighted by Crippen LogP contribution is 2.29. The molecule has 0 unspecified atom stereocenters. The molecule has 3 heterocycles. The maximum absolute atomic E-state index is 8.74. The van der Waals surface area contributed by atoms with Crippen molar-refractivity contribution in [1.29, 1.82) is 5.26 Å². The number of nitrogens with one attached hydrogen (secondary N) is 1. The summed E-state index contributed by atoms with van der Waals surface area (Å²) in [6.07, 6.45) is 7.91. The van der Waals surface area contributed by atoms with Gasteiger partial charge in [-0.1, -0.05) is 12.1 Å². The molecule has 0 bridgehead atoms. The van der Waals surface area contributed by atoms with Gasteiger partial charge < -0.3 is 9.88 Å². The molecule has 0 spiro atoms. The van der Waals surface area contributed by atoms with Crippen LogP contribution in [0.25, 0.3) is 33.5 Å². The van der Waals surface area contributed by atoms with Gasteiger partial charge in [0.15, 0.2) is 5.65 Å². The maximum atomic E-state index is 8.74. The van der Waals surface area contributed by atoms with Crippen LogP contribution >= 0.6 is 0 Å². The first kappa shape index (κ1) is 16.8. The summed E-state index contributed by atoms with van der Waals surface area (Å²) in [5, 5.41) is 12.9. The molecule has 0 radical (unpaired) electrons. The van der Waals surface area contributed by atoms with Crippen molar-refractivity contribution in [2.75, 3.05) is 18.5 Å². The molecule has 0 aliphatic rings. The van der Waals surface area contributed by atoms with E-state index < -0.39 is 0 Å². The van der Waals surface area contributed by atoms with E-state index in [9.17, 15) is 0 Å². The zero-order valence-corrected chi connectivity index (χ0v) is 15.2. The number of fused-ring (bicyclic) bond motifs is 1. The Kier molecular flexibility index (Phi) is 4.30. The first-order chi connectivity index (χ1) is 13.2. The molecule has 134 valence electrons. The highest BCUT2D eigenvalue weighted by Gasteiger charge is 2.12. The van der Waals surface area contributed by atoms with Crippen LogP contribution in [-0.4, -0.2) is 38.3 Å². The van der Waals surface area contributed by atoms with Crippen molar-refractivity contribution in [1.82, 2.24) is 24.7 Å². The number of benzene rings is 1. The van der Waals surface area contributed by atoms with E-state index in [0.29, 0.717) is 13.0 Å². The summed E-state index contributed by atoms with van der Waals surface area (Å²) >= 11 is 0. The fourth-order valence-corrected chi connectivity index (χ4v) is 3.05. The number of aromatic amines is 1. The van der Waals surface area contributed by atoms with Gasteiger partial charge in [-0.15, -0.1) is 0 Å². The van der Waals surface area contributed by atoms with E-state index in [-0.39, 0.29) is 0 Å². The molecule has 0 aliphatic heterocycles. The Morgan fingerprint density at radius 3 is 2.70 bits per heavy atom. The largest absolute Gasteiger partial charge is 0.374 e. The fraction of sp³-hybridized carbons (Fsp3) is 0.200. The third kappa shape index (κ3) is 3.25. The van der Waals surface area contributed by atoms with Crippen LogP contribution in [0, 0.1) is 11.3 Å². The van der Waals surface area contributed by atoms with Gasteiger partial charge in [0.2, 0.25) is 0 Å². The molecule has 0 atom stereocenters. The maximum Gasteiger partial charge on any atom is 0.156 e. The van der Waals surface area contributed by atoms with Crippen LogP contribution in [0.2, 0.25) is 0 Å². The van der Waals surface area contributed by atoms with Gasteiger partial charge in [0, 0.05) is 49.8 Å². The fourth-order valence-electron chi connectivity index (χ4n) is 3.05. The molecule has 0 aliphatic carbocycles. The highest BCUT2D eigenvalue weighted by molar-refractivity contribution is 5.91. The molecule has 7 nitrogen and oxygen atoms in total. The standard InChI is InChI=1S/C20H19N7/c1-26(9-3-8-21)16-6-4-14(5-7-16)17-11-22-20-19(17)25-18(12-23-20)15-10-24-27(2)13-15/h4-7,10-13H,3,9H2,1-2H3,(H,22,23). The van der Waals surface area contributed by atoms with Crippen molar-refractivity contribution in [3.63, 3.8) is 0 Å². The van der Waals surface area contributed by atoms with Crippen LogP contribution < -0.4 is 4.90 Å². The summed E-state index contributed by atoms with van der Waals surface area (Å²) in [4.78, 5) is 14.6. The van der Waals surface area contributed by atoms with Crippen molar-refractivity contribution in [3.05, 3.63) is 49.1 Å². The molecule has 1 N–H and O–H groups in total. The molecule has 0 amide bonds.